The van der Waals surface area contributed by atoms with Crippen LogP contribution < -0.4 is 5.73 Å². The topological polar surface area (TPSA) is 55.6 Å². The first-order valence-corrected chi connectivity index (χ1v) is 7.16. The molecule has 1 aliphatic heterocycles. The number of ether oxygens (including phenoxy) is 1. The van der Waals surface area contributed by atoms with Crippen LogP contribution in [0.2, 0.25) is 0 Å². The van der Waals surface area contributed by atoms with Gasteiger partial charge in [-0.3, -0.25) is 4.79 Å². The fourth-order valence-corrected chi connectivity index (χ4v) is 4.12. The largest absolute Gasteiger partial charge is 0.372 e. The van der Waals surface area contributed by atoms with Crippen LogP contribution in [-0.4, -0.2) is 42.1 Å². The predicted molar refractivity (Wildman–Crippen MR) is 68.9 cm³/mol. The number of hydrogen-bond acceptors (Lipinski definition) is 3. The summed E-state index contributed by atoms with van der Waals surface area (Å²) in [4.78, 5) is 14.7. The van der Waals surface area contributed by atoms with E-state index in [1.165, 1.54) is 19.3 Å². The Morgan fingerprint density at radius 2 is 2.06 bits per heavy atom. The Morgan fingerprint density at radius 1 is 1.33 bits per heavy atom. The van der Waals surface area contributed by atoms with E-state index in [0.29, 0.717) is 25.0 Å². The minimum absolute atomic E-state index is 0.0812. The first kappa shape index (κ1) is 12.4. The van der Waals surface area contributed by atoms with Gasteiger partial charge in [-0.25, -0.2) is 0 Å². The van der Waals surface area contributed by atoms with Gasteiger partial charge in [0, 0.05) is 19.1 Å². The van der Waals surface area contributed by atoms with Crippen molar-refractivity contribution in [1.29, 1.82) is 0 Å². The number of hydrogen-bond donors (Lipinski definition) is 1. The van der Waals surface area contributed by atoms with Gasteiger partial charge in [-0.15, -0.1) is 0 Å². The van der Waals surface area contributed by atoms with Crippen LogP contribution in [0.15, 0.2) is 0 Å². The van der Waals surface area contributed by atoms with Gasteiger partial charge in [-0.05, 0) is 44.9 Å². The van der Waals surface area contributed by atoms with Crippen LogP contribution in [0.1, 0.15) is 33.1 Å². The van der Waals surface area contributed by atoms with Gasteiger partial charge in [0.1, 0.15) is 0 Å². The molecule has 1 amide bonds. The molecule has 3 fully saturated rings. The van der Waals surface area contributed by atoms with Crippen molar-refractivity contribution < 1.29 is 9.53 Å². The first-order valence-electron chi connectivity index (χ1n) is 7.16. The molecule has 0 aromatic heterocycles. The molecule has 0 aromatic rings. The Hall–Kier alpha value is -0.610. The number of amides is 1. The zero-order chi connectivity index (χ0) is 12.9. The number of nitrogens with two attached hydrogens (primary N) is 1. The second-order valence-electron chi connectivity index (χ2n) is 6.80. The Bertz CT molecular complexity index is 354. The Balaban J connectivity index is 1.71. The quantitative estimate of drug-likeness (QED) is 0.757. The zero-order valence-electron chi connectivity index (χ0n) is 11.4. The maximum Gasteiger partial charge on any atom is 0.227 e. The average Bonchev–Trinajstić information content (AvgIpc) is 2.87. The van der Waals surface area contributed by atoms with Gasteiger partial charge in [0.25, 0.3) is 0 Å². The van der Waals surface area contributed by atoms with Crippen molar-refractivity contribution >= 4 is 5.91 Å². The van der Waals surface area contributed by atoms with Crippen molar-refractivity contribution in [2.24, 2.45) is 23.5 Å². The highest BCUT2D eigenvalue weighted by atomic mass is 16.5. The molecule has 2 saturated carbocycles. The van der Waals surface area contributed by atoms with Gasteiger partial charge < -0.3 is 15.4 Å². The van der Waals surface area contributed by atoms with Crippen LogP contribution in [0, 0.1) is 17.8 Å². The van der Waals surface area contributed by atoms with Gasteiger partial charge in [0.05, 0.1) is 18.1 Å². The fraction of sp³-hybridized carbons (Fsp3) is 0.929. The normalized spacial score (nSPS) is 42.3. The van der Waals surface area contributed by atoms with E-state index in [1.807, 2.05) is 18.7 Å². The van der Waals surface area contributed by atoms with Crippen LogP contribution in [0.5, 0.6) is 0 Å². The third kappa shape index (κ3) is 1.95. The summed E-state index contributed by atoms with van der Waals surface area (Å²) in [5, 5.41) is 0. The average molecular weight is 252 g/mol. The number of morpholine rings is 1. The van der Waals surface area contributed by atoms with Crippen molar-refractivity contribution in [3.63, 3.8) is 0 Å². The minimum atomic E-state index is -0.213. The number of fused-ring (bicyclic) bond motifs is 2. The molecule has 2 aliphatic carbocycles. The number of rotatable bonds is 1. The van der Waals surface area contributed by atoms with E-state index < -0.39 is 0 Å². The van der Waals surface area contributed by atoms with Gasteiger partial charge in [-0.1, -0.05) is 0 Å². The molecule has 0 spiro atoms. The molecule has 3 aliphatic rings. The van der Waals surface area contributed by atoms with E-state index in [-0.39, 0.29) is 23.5 Å². The molecular formula is C14H24N2O2. The van der Waals surface area contributed by atoms with Gasteiger partial charge in [0.15, 0.2) is 0 Å². The molecule has 4 nitrogen and oxygen atoms in total. The van der Waals surface area contributed by atoms with Gasteiger partial charge in [-0.2, -0.15) is 0 Å². The molecule has 4 atom stereocenters. The van der Waals surface area contributed by atoms with Crippen molar-refractivity contribution in [2.45, 2.75) is 44.8 Å². The molecule has 1 saturated heterocycles. The molecule has 18 heavy (non-hydrogen) atoms. The third-order valence-corrected chi connectivity index (χ3v) is 5.00. The summed E-state index contributed by atoms with van der Waals surface area (Å²) >= 11 is 0. The van der Waals surface area contributed by atoms with Crippen LogP contribution in [-0.2, 0) is 9.53 Å². The second-order valence-corrected chi connectivity index (χ2v) is 6.80. The Labute approximate surface area is 109 Å². The van der Waals surface area contributed by atoms with Crippen LogP contribution in [0.4, 0.5) is 0 Å². The lowest BCUT2D eigenvalue weighted by Crippen LogP contribution is -2.55. The highest BCUT2D eigenvalue weighted by molar-refractivity contribution is 5.80. The summed E-state index contributed by atoms with van der Waals surface area (Å²) in [5.74, 6) is 1.50. The predicted octanol–water partition coefficient (Wildman–Crippen LogP) is 0.997. The van der Waals surface area contributed by atoms with Crippen LogP contribution >= 0.6 is 0 Å². The molecule has 2 bridgehead atoms. The van der Waals surface area contributed by atoms with Crippen LogP contribution in [0.3, 0.4) is 0 Å². The third-order valence-electron chi connectivity index (χ3n) is 5.00. The Kier molecular flexibility index (Phi) is 2.90. The van der Waals surface area contributed by atoms with Crippen molar-refractivity contribution in [1.82, 2.24) is 4.90 Å². The highest BCUT2D eigenvalue weighted by Gasteiger charge is 2.50. The Morgan fingerprint density at radius 3 is 2.67 bits per heavy atom. The fourth-order valence-electron chi connectivity index (χ4n) is 4.12. The monoisotopic (exact) mass is 252 g/mol. The standard InChI is InChI=1S/C14H24N2O2/c1-14(2)8-16(5-6-18-14)13(17)11-9-3-4-10(7-9)12(11)15/h9-12H,3-8,15H2,1-2H3. The lowest BCUT2D eigenvalue weighted by Gasteiger charge is -2.41. The van der Waals surface area contributed by atoms with E-state index in [1.54, 1.807) is 0 Å². The number of nitrogens with zero attached hydrogens (tertiary/aromatic N) is 1. The molecule has 4 heteroatoms. The molecule has 3 rings (SSSR count). The molecule has 1 heterocycles. The van der Waals surface area contributed by atoms with E-state index >= 15 is 0 Å². The van der Waals surface area contributed by atoms with Crippen molar-refractivity contribution in [2.75, 3.05) is 19.7 Å². The molecule has 0 aromatic carbocycles. The number of carbonyl (C=O) groups is 1. The summed E-state index contributed by atoms with van der Waals surface area (Å²) in [6, 6.07) is 0.0993. The van der Waals surface area contributed by atoms with E-state index in [2.05, 4.69) is 0 Å². The van der Waals surface area contributed by atoms with Crippen molar-refractivity contribution in [3.8, 4) is 0 Å². The van der Waals surface area contributed by atoms with E-state index in [0.717, 1.165) is 6.54 Å². The lowest BCUT2D eigenvalue weighted by atomic mass is 9.83. The summed E-state index contributed by atoms with van der Waals surface area (Å²) < 4.78 is 5.67. The first-order chi connectivity index (χ1) is 8.48. The van der Waals surface area contributed by atoms with Gasteiger partial charge in [0.2, 0.25) is 5.91 Å². The smallest absolute Gasteiger partial charge is 0.227 e. The highest BCUT2D eigenvalue weighted by Crippen LogP contribution is 2.48. The lowest BCUT2D eigenvalue weighted by molar-refractivity contribution is -0.152. The summed E-state index contributed by atoms with van der Waals surface area (Å²) in [6.45, 7) is 6.17. The zero-order valence-corrected chi connectivity index (χ0v) is 11.4. The van der Waals surface area contributed by atoms with Crippen LogP contribution in [0.25, 0.3) is 0 Å². The van der Waals surface area contributed by atoms with E-state index in [9.17, 15) is 4.79 Å². The summed E-state index contributed by atoms with van der Waals surface area (Å²) in [6.07, 6.45) is 3.60. The molecule has 2 N–H and O–H groups in total. The van der Waals surface area contributed by atoms with Crippen molar-refractivity contribution in [3.05, 3.63) is 0 Å². The molecular weight excluding hydrogens is 228 g/mol. The van der Waals surface area contributed by atoms with Gasteiger partial charge >= 0.3 is 0 Å². The molecule has 0 radical (unpaired) electrons. The summed E-state index contributed by atoms with van der Waals surface area (Å²) in [5.41, 5.74) is 6.05. The maximum absolute atomic E-state index is 12.7. The van der Waals surface area contributed by atoms with E-state index in [4.69, 9.17) is 10.5 Å². The maximum atomic E-state index is 12.7. The number of carbonyl (C=O) groups excluding carboxylic acids is 1. The SMILES string of the molecule is CC1(C)CN(C(=O)C2C3CCC(C3)C2N)CCO1. The molecule has 102 valence electrons. The minimum Gasteiger partial charge on any atom is -0.372 e. The second kappa shape index (κ2) is 4.20. The summed E-state index contributed by atoms with van der Waals surface area (Å²) in [7, 11) is 0. The molecule has 4 unspecified atom stereocenters.